The number of aromatic nitrogens is 1. The lowest BCUT2D eigenvalue weighted by molar-refractivity contribution is 0.155. The molecule has 0 saturated carbocycles. The van der Waals surface area contributed by atoms with Crippen LogP contribution >= 0.6 is 0 Å². The van der Waals surface area contributed by atoms with Gasteiger partial charge >= 0.3 is 6.09 Å². The molecule has 4 aromatic carbocycles. The first-order valence-electron chi connectivity index (χ1n) is 9.63. The van der Waals surface area contributed by atoms with Crippen molar-refractivity contribution >= 4 is 33.7 Å². The van der Waals surface area contributed by atoms with Crippen LogP contribution in [0.4, 0.5) is 10.5 Å². The molecule has 0 bridgehead atoms. The van der Waals surface area contributed by atoms with Gasteiger partial charge in [0.05, 0.1) is 11.3 Å². The zero-order valence-corrected chi connectivity index (χ0v) is 16.0. The van der Waals surface area contributed by atoms with Gasteiger partial charge in [-0.15, -0.1) is 0 Å². The number of carbonyl (C=O) groups is 1. The summed E-state index contributed by atoms with van der Waals surface area (Å²) in [7, 11) is 0. The van der Waals surface area contributed by atoms with Crippen molar-refractivity contribution in [2.75, 3.05) is 5.32 Å². The van der Waals surface area contributed by atoms with Gasteiger partial charge in [0.25, 0.3) is 0 Å². The summed E-state index contributed by atoms with van der Waals surface area (Å²) in [5.41, 5.74) is 3.68. The van der Waals surface area contributed by atoms with Crippen LogP contribution in [0.1, 0.15) is 5.56 Å². The van der Waals surface area contributed by atoms with Crippen LogP contribution in [0.15, 0.2) is 95.4 Å². The molecule has 1 aromatic heterocycles. The maximum Gasteiger partial charge on any atom is 0.411 e. The number of hydrogen-bond donors (Lipinski definition) is 1. The lowest BCUT2D eigenvalue weighted by Crippen LogP contribution is -2.14. The van der Waals surface area contributed by atoms with Crippen molar-refractivity contribution in [1.29, 1.82) is 0 Å². The van der Waals surface area contributed by atoms with Gasteiger partial charge in [0.15, 0.2) is 5.58 Å². The zero-order valence-electron chi connectivity index (χ0n) is 16.0. The summed E-state index contributed by atoms with van der Waals surface area (Å²) >= 11 is 0. The summed E-state index contributed by atoms with van der Waals surface area (Å²) in [5, 5.41) is 4.89. The number of anilines is 1. The summed E-state index contributed by atoms with van der Waals surface area (Å²) in [5.74, 6) is 0.445. The van der Waals surface area contributed by atoms with Crippen LogP contribution in [-0.4, -0.2) is 11.1 Å². The van der Waals surface area contributed by atoms with Gasteiger partial charge in [-0.2, -0.15) is 0 Å². The summed E-state index contributed by atoms with van der Waals surface area (Å²) in [4.78, 5) is 17.0. The molecular formula is C25H18N2O3. The maximum absolute atomic E-state index is 12.3. The van der Waals surface area contributed by atoms with Gasteiger partial charge in [0, 0.05) is 5.39 Å². The van der Waals surface area contributed by atoms with Crippen molar-refractivity contribution in [1.82, 2.24) is 4.98 Å². The molecule has 146 valence electrons. The number of oxazole rings is 1. The van der Waals surface area contributed by atoms with E-state index >= 15 is 0 Å². The fourth-order valence-electron chi connectivity index (χ4n) is 3.42. The summed E-state index contributed by atoms with van der Waals surface area (Å²) in [6, 6.07) is 28.9. The number of amides is 1. The highest BCUT2D eigenvalue weighted by Gasteiger charge is 2.15. The number of carbonyl (C=O) groups excluding carboxylic acids is 1. The van der Waals surface area contributed by atoms with Crippen LogP contribution in [0.2, 0.25) is 0 Å². The van der Waals surface area contributed by atoms with Crippen molar-refractivity contribution in [3.05, 3.63) is 96.6 Å². The third-order valence-electron chi connectivity index (χ3n) is 4.89. The SMILES string of the molecule is O=C(Nc1ccccc1-c1nc2ccc3ccccc3c2o1)OCc1ccccc1. The highest BCUT2D eigenvalue weighted by Crippen LogP contribution is 2.33. The molecular weight excluding hydrogens is 376 g/mol. The normalized spacial score (nSPS) is 10.9. The molecule has 30 heavy (non-hydrogen) atoms. The average Bonchev–Trinajstić information content (AvgIpc) is 3.23. The Bertz CT molecular complexity index is 1340. The van der Waals surface area contributed by atoms with Crippen LogP contribution in [0.25, 0.3) is 33.3 Å². The van der Waals surface area contributed by atoms with Gasteiger partial charge < -0.3 is 9.15 Å². The highest BCUT2D eigenvalue weighted by molar-refractivity contribution is 6.03. The molecule has 5 heteroatoms. The molecule has 0 aliphatic carbocycles. The van der Waals surface area contributed by atoms with E-state index in [4.69, 9.17) is 9.15 Å². The Hall–Kier alpha value is -4.12. The smallest absolute Gasteiger partial charge is 0.411 e. The Labute approximate surface area is 172 Å². The van der Waals surface area contributed by atoms with Crippen LogP contribution in [0.5, 0.6) is 0 Å². The van der Waals surface area contributed by atoms with Gasteiger partial charge in [-0.05, 0) is 29.1 Å². The second-order valence-corrected chi connectivity index (χ2v) is 6.89. The van der Waals surface area contributed by atoms with Gasteiger partial charge in [0.2, 0.25) is 5.89 Å². The highest BCUT2D eigenvalue weighted by atomic mass is 16.5. The van der Waals surface area contributed by atoms with Crippen LogP contribution < -0.4 is 5.32 Å². The van der Waals surface area contributed by atoms with E-state index in [1.807, 2.05) is 84.9 Å². The van der Waals surface area contributed by atoms with Crippen molar-refractivity contribution in [3.63, 3.8) is 0 Å². The number of nitrogens with one attached hydrogen (secondary N) is 1. The monoisotopic (exact) mass is 394 g/mol. The first kappa shape index (κ1) is 17.9. The van der Waals surface area contributed by atoms with E-state index in [1.165, 1.54) is 0 Å². The predicted molar refractivity (Wildman–Crippen MR) is 117 cm³/mol. The second-order valence-electron chi connectivity index (χ2n) is 6.89. The topological polar surface area (TPSA) is 64.4 Å². The minimum Gasteiger partial charge on any atom is -0.444 e. The molecule has 0 aliphatic rings. The quantitative estimate of drug-likeness (QED) is 0.383. The summed E-state index contributed by atoms with van der Waals surface area (Å²) in [6.07, 6.45) is -0.534. The first-order chi connectivity index (χ1) is 14.8. The third-order valence-corrected chi connectivity index (χ3v) is 4.89. The third kappa shape index (κ3) is 3.49. The Kier molecular flexibility index (Phi) is 4.62. The number of para-hydroxylation sites is 1. The molecule has 0 spiro atoms. The molecule has 0 fully saturated rings. The molecule has 1 amide bonds. The lowest BCUT2D eigenvalue weighted by Gasteiger charge is -2.09. The van der Waals surface area contributed by atoms with Crippen molar-refractivity contribution < 1.29 is 13.9 Å². The average molecular weight is 394 g/mol. The molecule has 0 aliphatic heterocycles. The van der Waals surface area contributed by atoms with E-state index in [9.17, 15) is 4.79 Å². The molecule has 0 unspecified atom stereocenters. The number of rotatable bonds is 4. The first-order valence-corrected chi connectivity index (χ1v) is 9.63. The fraction of sp³-hybridized carbons (Fsp3) is 0.0400. The Balaban J connectivity index is 1.43. The Morgan fingerprint density at radius 2 is 1.63 bits per heavy atom. The van der Waals surface area contributed by atoms with Gasteiger partial charge in [-0.3, -0.25) is 5.32 Å². The van der Waals surface area contributed by atoms with Crippen LogP contribution in [0.3, 0.4) is 0 Å². The Morgan fingerprint density at radius 1 is 0.867 bits per heavy atom. The number of ether oxygens (including phenoxy) is 1. The molecule has 1 heterocycles. The van der Waals surface area contributed by atoms with Gasteiger partial charge in [-0.25, -0.2) is 9.78 Å². The minimum atomic E-state index is -0.534. The molecule has 5 rings (SSSR count). The second kappa shape index (κ2) is 7.72. The lowest BCUT2D eigenvalue weighted by atomic mass is 10.1. The summed E-state index contributed by atoms with van der Waals surface area (Å²) in [6.45, 7) is 0.198. The molecule has 0 saturated heterocycles. The van der Waals surface area contributed by atoms with E-state index in [2.05, 4.69) is 10.3 Å². The van der Waals surface area contributed by atoms with E-state index in [1.54, 1.807) is 6.07 Å². The largest absolute Gasteiger partial charge is 0.444 e. The van der Waals surface area contributed by atoms with E-state index in [0.29, 0.717) is 17.1 Å². The fourth-order valence-corrected chi connectivity index (χ4v) is 3.42. The maximum atomic E-state index is 12.3. The number of nitrogens with zero attached hydrogens (tertiary/aromatic N) is 1. The van der Waals surface area contributed by atoms with Crippen molar-refractivity contribution in [2.45, 2.75) is 6.61 Å². The minimum absolute atomic E-state index is 0.198. The molecule has 0 radical (unpaired) electrons. The van der Waals surface area contributed by atoms with Gasteiger partial charge in [0.1, 0.15) is 12.1 Å². The molecule has 1 N–H and O–H groups in total. The van der Waals surface area contributed by atoms with E-state index in [0.717, 1.165) is 27.4 Å². The molecule has 5 nitrogen and oxygen atoms in total. The predicted octanol–water partition coefficient (Wildman–Crippen LogP) is 6.40. The zero-order chi connectivity index (χ0) is 20.3. The van der Waals surface area contributed by atoms with Crippen LogP contribution in [0, 0.1) is 0 Å². The Morgan fingerprint density at radius 3 is 2.53 bits per heavy atom. The van der Waals surface area contributed by atoms with Crippen molar-refractivity contribution in [2.24, 2.45) is 0 Å². The van der Waals surface area contributed by atoms with Crippen LogP contribution in [-0.2, 0) is 11.3 Å². The number of hydrogen-bond acceptors (Lipinski definition) is 4. The van der Waals surface area contributed by atoms with E-state index in [-0.39, 0.29) is 6.61 Å². The summed E-state index contributed by atoms with van der Waals surface area (Å²) < 4.78 is 11.5. The van der Waals surface area contributed by atoms with E-state index < -0.39 is 6.09 Å². The standard InChI is InChI=1S/C25H18N2O3/c28-25(29-16-17-8-2-1-3-9-17)27-21-13-7-6-12-20(21)24-26-22-15-14-18-10-4-5-11-19(18)23(22)30-24/h1-15H,16H2,(H,27,28). The molecule has 5 aromatic rings. The number of fused-ring (bicyclic) bond motifs is 3. The number of benzene rings is 4. The van der Waals surface area contributed by atoms with Gasteiger partial charge in [-0.1, -0.05) is 72.8 Å². The molecule has 0 atom stereocenters. The van der Waals surface area contributed by atoms with Crippen molar-refractivity contribution in [3.8, 4) is 11.5 Å².